The van der Waals surface area contributed by atoms with Gasteiger partial charge in [0.2, 0.25) is 6.79 Å². The summed E-state index contributed by atoms with van der Waals surface area (Å²) in [6.07, 6.45) is 0. The molecule has 1 aliphatic heterocycles. The predicted octanol–water partition coefficient (Wildman–Crippen LogP) is 2.58. The van der Waals surface area contributed by atoms with Gasteiger partial charge in [0.1, 0.15) is 0 Å². The van der Waals surface area contributed by atoms with E-state index in [9.17, 15) is 8.42 Å². The van der Waals surface area contributed by atoms with Gasteiger partial charge in [-0.3, -0.25) is 0 Å². The lowest BCUT2D eigenvalue weighted by Crippen LogP contribution is -2.13. The molecule has 24 heavy (non-hydrogen) atoms. The van der Waals surface area contributed by atoms with E-state index in [0.29, 0.717) is 23.1 Å². The van der Waals surface area contributed by atoms with Crippen molar-refractivity contribution < 1.29 is 17.9 Å². The number of fused-ring (bicyclic) bond motifs is 1. The van der Waals surface area contributed by atoms with E-state index >= 15 is 0 Å². The van der Waals surface area contributed by atoms with Gasteiger partial charge in [-0.25, -0.2) is 8.42 Å². The Balaban J connectivity index is 1.67. The van der Waals surface area contributed by atoms with Crippen LogP contribution >= 0.6 is 11.6 Å². The zero-order chi connectivity index (χ0) is 16.9. The molecule has 2 N–H and O–H groups in total. The summed E-state index contributed by atoms with van der Waals surface area (Å²) in [4.78, 5) is 0.276. The third kappa shape index (κ3) is 2.46. The van der Waals surface area contributed by atoms with Crippen LogP contribution in [0.3, 0.4) is 0 Å². The van der Waals surface area contributed by atoms with E-state index in [0.717, 1.165) is 5.56 Å². The van der Waals surface area contributed by atoms with E-state index in [1.54, 1.807) is 24.3 Å². The first-order valence-corrected chi connectivity index (χ1v) is 9.54. The molecule has 2 aromatic rings. The Bertz CT molecular complexity index is 882. The molecule has 126 valence electrons. The van der Waals surface area contributed by atoms with Gasteiger partial charge in [0, 0.05) is 10.9 Å². The molecule has 1 heterocycles. The summed E-state index contributed by atoms with van der Waals surface area (Å²) >= 11 is 5.85. The number of hydrogen-bond acceptors (Lipinski definition) is 5. The summed E-state index contributed by atoms with van der Waals surface area (Å²) in [5, 5.41) is -0.0171. The predicted molar refractivity (Wildman–Crippen MR) is 90.3 cm³/mol. The molecule has 2 aliphatic rings. The molecule has 0 saturated heterocycles. The first kappa shape index (κ1) is 15.7. The SMILES string of the molecule is NCC1C(c2ccc3c(c2)OCO3)C1S(=O)(=O)c1ccc(Cl)cc1. The minimum atomic E-state index is -3.47. The number of halogens is 1. The highest BCUT2D eigenvalue weighted by atomic mass is 35.5. The van der Waals surface area contributed by atoms with E-state index in [1.165, 1.54) is 0 Å². The zero-order valence-corrected chi connectivity index (χ0v) is 14.3. The number of rotatable bonds is 4. The Hall–Kier alpha value is -1.76. The van der Waals surface area contributed by atoms with Crippen molar-refractivity contribution in [3.8, 4) is 11.5 Å². The van der Waals surface area contributed by atoms with E-state index in [1.807, 2.05) is 18.2 Å². The Morgan fingerprint density at radius 1 is 1.08 bits per heavy atom. The van der Waals surface area contributed by atoms with Crippen molar-refractivity contribution >= 4 is 21.4 Å². The van der Waals surface area contributed by atoms with Gasteiger partial charge < -0.3 is 15.2 Å². The summed E-state index contributed by atoms with van der Waals surface area (Å²) in [5.41, 5.74) is 6.74. The molecule has 1 saturated carbocycles. The van der Waals surface area contributed by atoms with Crippen molar-refractivity contribution in [2.75, 3.05) is 13.3 Å². The second-order valence-corrected chi connectivity index (χ2v) is 8.54. The van der Waals surface area contributed by atoms with Crippen molar-refractivity contribution in [2.24, 2.45) is 11.7 Å². The van der Waals surface area contributed by atoms with Gasteiger partial charge in [0.25, 0.3) is 0 Å². The molecule has 0 spiro atoms. The Morgan fingerprint density at radius 2 is 1.79 bits per heavy atom. The molecule has 2 aromatic carbocycles. The monoisotopic (exact) mass is 365 g/mol. The number of hydrogen-bond donors (Lipinski definition) is 1. The van der Waals surface area contributed by atoms with E-state index in [4.69, 9.17) is 26.8 Å². The lowest BCUT2D eigenvalue weighted by Gasteiger charge is -2.05. The summed E-state index contributed by atoms with van der Waals surface area (Å²) in [6.45, 7) is 0.507. The van der Waals surface area contributed by atoms with Crippen molar-refractivity contribution in [2.45, 2.75) is 16.1 Å². The van der Waals surface area contributed by atoms with Crippen LogP contribution in [0.4, 0.5) is 0 Å². The van der Waals surface area contributed by atoms with E-state index in [2.05, 4.69) is 0 Å². The van der Waals surface area contributed by atoms with Crippen molar-refractivity contribution in [3.05, 3.63) is 53.1 Å². The van der Waals surface area contributed by atoms with Crippen LogP contribution < -0.4 is 15.2 Å². The lowest BCUT2D eigenvalue weighted by atomic mass is 10.1. The third-order valence-electron chi connectivity index (χ3n) is 4.65. The van der Waals surface area contributed by atoms with Crippen LogP contribution in [0.5, 0.6) is 11.5 Å². The highest BCUT2D eigenvalue weighted by Crippen LogP contribution is 2.54. The maximum Gasteiger partial charge on any atom is 0.231 e. The average Bonchev–Trinajstić information content (AvgIpc) is 3.15. The average molecular weight is 366 g/mol. The molecular formula is C17H16ClNO4S. The van der Waals surface area contributed by atoms with Gasteiger partial charge >= 0.3 is 0 Å². The fourth-order valence-corrected chi connectivity index (χ4v) is 5.74. The van der Waals surface area contributed by atoms with E-state index < -0.39 is 15.1 Å². The molecule has 0 bridgehead atoms. The lowest BCUT2D eigenvalue weighted by molar-refractivity contribution is 0.174. The summed E-state index contributed by atoms with van der Waals surface area (Å²) in [7, 11) is -3.47. The molecule has 4 rings (SSSR count). The molecule has 1 aliphatic carbocycles. The highest BCUT2D eigenvalue weighted by molar-refractivity contribution is 7.92. The smallest absolute Gasteiger partial charge is 0.231 e. The summed E-state index contributed by atoms with van der Waals surface area (Å²) in [6, 6.07) is 11.8. The fraction of sp³-hybridized carbons (Fsp3) is 0.294. The van der Waals surface area contributed by atoms with Crippen LogP contribution in [-0.4, -0.2) is 27.0 Å². The van der Waals surface area contributed by atoms with Crippen molar-refractivity contribution in [1.29, 1.82) is 0 Å². The molecule has 1 fully saturated rings. The molecule has 3 atom stereocenters. The number of sulfone groups is 1. The maximum atomic E-state index is 12.9. The highest BCUT2D eigenvalue weighted by Gasteiger charge is 2.58. The third-order valence-corrected chi connectivity index (χ3v) is 7.19. The summed E-state index contributed by atoms with van der Waals surface area (Å²) < 4.78 is 36.6. The minimum absolute atomic E-state index is 0.106. The topological polar surface area (TPSA) is 78.6 Å². The second kappa shape index (κ2) is 5.65. The summed E-state index contributed by atoms with van der Waals surface area (Å²) in [5.74, 6) is 1.09. The Kier molecular flexibility index (Phi) is 3.71. The Morgan fingerprint density at radius 3 is 2.50 bits per heavy atom. The molecule has 7 heteroatoms. The van der Waals surface area contributed by atoms with Crippen LogP contribution in [0, 0.1) is 5.92 Å². The van der Waals surface area contributed by atoms with Crippen LogP contribution in [0.15, 0.2) is 47.4 Å². The molecule has 0 aromatic heterocycles. The van der Waals surface area contributed by atoms with Gasteiger partial charge in [0.15, 0.2) is 21.3 Å². The first-order valence-electron chi connectivity index (χ1n) is 7.61. The van der Waals surface area contributed by atoms with Gasteiger partial charge in [0.05, 0.1) is 10.1 Å². The normalized spacial score (nSPS) is 24.8. The largest absolute Gasteiger partial charge is 0.454 e. The molecule has 0 radical (unpaired) electrons. The zero-order valence-electron chi connectivity index (χ0n) is 12.7. The first-order chi connectivity index (χ1) is 11.5. The number of nitrogens with two attached hydrogens (primary N) is 1. The van der Waals surface area contributed by atoms with Gasteiger partial charge in [-0.1, -0.05) is 17.7 Å². The molecule has 0 amide bonds. The van der Waals surface area contributed by atoms with E-state index in [-0.39, 0.29) is 23.5 Å². The second-order valence-electron chi connectivity index (χ2n) is 6.00. The maximum absolute atomic E-state index is 12.9. The minimum Gasteiger partial charge on any atom is -0.454 e. The van der Waals surface area contributed by atoms with Gasteiger partial charge in [-0.15, -0.1) is 0 Å². The van der Waals surface area contributed by atoms with Crippen LogP contribution in [0.1, 0.15) is 11.5 Å². The molecular weight excluding hydrogens is 350 g/mol. The fourth-order valence-electron chi connectivity index (χ4n) is 3.38. The molecule has 5 nitrogen and oxygen atoms in total. The van der Waals surface area contributed by atoms with Crippen molar-refractivity contribution in [1.82, 2.24) is 0 Å². The standard InChI is InChI=1S/C17H16ClNO4S/c18-11-2-4-12(5-3-11)24(20,21)17-13(8-19)16(17)10-1-6-14-15(7-10)23-9-22-14/h1-7,13,16-17H,8-9,19H2. The van der Waals surface area contributed by atoms with Gasteiger partial charge in [-0.2, -0.15) is 0 Å². The van der Waals surface area contributed by atoms with Crippen LogP contribution in [0.2, 0.25) is 5.02 Å². The van der Waals surface area contributed by atoms with Crippen LogP contribution in [0.25, 0.3) is 0 Å². The van der Waals surface area contributed by atoms with Gasteiger partial charge in [-0.05, 0) is 54.4 Å². The number of benzene rings is 2. The Labute approximate surface area is 145 Å². The number of ether oxygens (including phenoxy) is 2. The molecule has 3 unspecified atom stereocenters. The van der Waals surface area contributed by atoms with Crippen LogP contribution in [-0.2, 0) is 9.84 Å². The quantitative estimate of drug-likeness (QED) is 0.900. The van der Waals surface area contributed by atoms with Crippen molar-refractivity contribution in [3.63, 3.8) is 0 Å².